The van der Waals surface area contributed by atoms with Crippen LogP contribution >= 0.6 is 0 Å². The minimum absolute atomic E-state index is 0.00104. The van der Waals surface area contributed by atoms with E-state index in [1.165, 1.54) is 5.56 Å². The van der Waals surface area contributed by atoms with Crippen LogP contribution in [0.2, 0.25) is 0 Å². The largest absolute Gasteiger partial charge is 0.299 e. The average molecular weight is 381 g/mol. The van der Waals surface area contributed by atoms with Crippen molar-refractivity contribution < 1.29 is 9.59 Å². The fraction of sp³-hybridized carbons (Fsp3) is 0.462. The summed E-state index contributed by atoms with van der Waals surface area (Å²) >= 11 is 0. The van der Waals surface area contributed by atoms with Gasteiger partial charge < -0.3 is 0 Å². The third kappa shape index (κ3) is 4.11. The van der Waals surface area contributed by atoms with Gasteiger partial charge in [-0.1, -0.05) is 26.0 Å². The van der Waals surface area contributed by atoms with Crippen molar-refractivity contribution in [3.05, 3.63) is 68.3 Å². The van der Waals surface area contributed by atoms with Crippen LogP contribution in [0.3, 0.4) is 0 Å². The molecule has 2 rings (SSSR count). The van der Waals surface area contributed by atoms with E-state index in [1.807, 2.05) is 73.6 Å². The Morgan fingerprint density at radius 1 is 0.750 bits per heavy atom. The lowest BCUT2D eigenvalue weighted by molar-refractivity contribution is -0.121. The van der Waals surface area contributed by atoms with E-state index in [0.717, 1.165) is 33.4 Å². The van der Waals surface area contributed by atoms with Crippen LogP contribution in [0, 0.1) is 41.5 Å². The molecule has 0 radical (unpaired) electrons. The van der Waals surface area contributed by atoms with Crippen LogP contribution < -0.4 is 0 Å². The van der Waals surface area contributed by atoms with Gasteiger partial charge in [0.25, 0.3) is 0 Å². The Kier molecular flexibility index (Phi) is 7.53. The zero-order valence-electron chi connectivity index (χ0n) is 19.5. The molecule has 0 atom stereocenters. The summed E-state index contributed by atoms with van der Waals surface area (Å²) in [6.45, 7) is 21.7. The van der Waals surface area contributed by atoms with Crippen LogP contribution in [0.25, 0.3) is 0 Å². The van der Waals surface area contributed by atoms with E-state index in [0.29, 0.717) is 11.1 Å². The van der Waals surface area contributed by atoms with Crippen LogP contribution in [0.4, 0.5) is 0 Å². The number of carbonyl (C=O) groups excluding carboxylic acids is 2. The summed E-state index contributed by atoms with van der Waals surface area (Å²) in [4.78, 5) is 25.9. The first kappa shape index (κ1) is 23.8. The second kappa shape index (κ2) is 8.86. The first-order valence-electron chi connectivity index (χ1n) is 10.1. The predicted molar refractivity (Wildman–Crippen MR) is 120 cm³/mol. The Hall–Kier alpha value is -2.22. The number of hydrogen-bond acceptors (Lipinski definition) is 2. The normalized spacial score (nSPS) is 11.0. The number of carbonyl (C=O) groups is 2. The number of aryl methyl sites for hydroxylation is 2. The maximum atomic E-state index is 13.5. The van der Waals surface area contributed by atoms with Crippen LogP contribution in [0.15, 0.2) is 18.2 Å². The highest BCUT2D eigenvalue weighted by molar-refractivity contribution is 6.12. The molecule has 2 heteroatoms. The lowest BCUT2D eigenvalue weighted by atomic mass is 9.72. The van der Waals surface area contributed by atoms with Crippen LogP contribution in [-0.4, -0.2) is 11.6 Å². The Morgan fingerprint density at radius 2 is 1.25 bits per heavy atom. The second-order valence-electron chi connectivity index (χ2n) is 8.06. The number of Topliss-reactive ketones (excluding diaryl/α,β-unsaturated/α-hetero) is 1. The van der Waals surface area contributed by atoms with Gasteiger partial charge in [-0.2, -0.15) is 0 Å². The van der Waals surface area contributed by atoms with E-state index >= 15 is 0 Å². The molecule has 0 N–H and O–H groups in total. The van der Waals surface area contributed by atoms with Crippen molar-refractivity contribution in [3.8, 4) is 0 Å². The monoisotopic (exact) mass is 380 g/mol. The quantitative estimate of drug-likeness (QED) is 0.556. The maximum Gasteiger partial charge on any atom is 0.193 e. The molecular weight excluding hydrogens is 344 g/mol. The molecule has 0 bridgehead atoms. The van der Waals surface area contributed by atoms with E-state index < -0.39 is 5.41 Å². The van der Waals surface area contributed by atoms with Gasteiger partial charge in [-0.05, 0) is 107 Å². The average Bonchev–Trinajstić information content (AvgIpc) is 2.65. The van der Waals surface area contributed by atoms with Crippen LogP contribution in [0.1, 0.15) is 89.5 Å². The maximum absolute atomic E-state index is 13.5. The van der Waals surface area contributed by atoms with Crippen molar-refractivity contribution in [2.24, 2.45) is 0 Å². The molecule has 0 fully saturated rings. The third-order valence-electron chi connectivity index (χ3n) is 6.19. The highest BCUT2D eigenvalue weighted by Crippen LogP contribution is 2.37. The molecule has 2 aromatic rings. The standard InChI is InChI=1S/C24H30O2.C2H6/c1-13-10-11-20(12-14(13)2)23(26)21-17(5)15(3)16(4)18(6)22(21)24(8,9)19(7)25;1-2/h10-12H,1-9H3;1-2H3. The van der Waals surface area contributed by atoms with Gasteiger partial charge >= 0.3 is 0 Å². The molecule has 2 nitrogen and oxygen atoms in total. The van der Waals surface area contributed by atoms with Crippen LogP contribution in [0.5, 0.6) is 0 Å². The van der Waals surface area contributed by atoms with E-state index in [1.54, 1.807) is 6.92 Å². The Labute approximate surface area is 171 Å². The number of benzene rings is 2. The summed E-state index contributed by atoms with van der Waals surface area (Å²) in [7, 11) is 0. The van der Waals surface area contributed by atoms with E-state index in [2.05, 4.69) is 13.8 Å². The van der Waals surface area contributed by atoms with E-state index in [9.17, 15) is 9.59 Å². The minimum Gasteiger partial charge on any atom is -0.299 e. The lowest BCUT2D eigenvalue weighted by Crippen LogP contribution is -2.31. The molecule has 2 aromatic carbocycles. The fourth-order valence-electron chi connectivity index (χ4n) is 3.58. The smallest absolute Gasteiger partial charge is 0.193 e. The summed E-state index contributed by atoms with van der Waals surface area (Å²) in [5.74, 6) is 0.0681. The van der Waals surface area contributed by atoms with Gasteiger partial charge in [0.1, 0.15) is 5.78 Å². The van der Waals surface area contributed by atoms with Gasteiger partial charge in [0.05, 0.1) is 0 Å². The Balaban J connectivity index is 0.00000190. The summed E-state index contributed by atoms with van der Waals surface area (Å²) < 4.78 is 0. The predicted octanol–water partition coefficient (Wildman–Crippen LogP) is 6.66. The minimum atomic E-state index is -0.710. The van der Waals surface area contributed by atoms with Gasteiger partial charge in [0.15, 0.2) is 5.78 Å². The molecular formula is C26H36O2. The van der Waals surface area contributed by atoms with Crippen molar-refractivity contribution in [2.75, 3.05) is 0 Å². The van der Waals surface area contributed by atoms with Crippen molar-refractivity contribution in [2.45, 2.75) is 81.6 Å². The van der Waals surface area contributed by atoms with Gasteiger partial charge in [0.2, 0.25) is 0 Å². The molecule has 0 saturated heterocycles. The van der Waals surface area contributed by atoms with E-state index in [4.69, 9.17) is 0 Å². The molecule has 0 aromatic heterocycles. The zero-order valence-corrected chi connectivity index (χ0v) is 19.5. The Bertz CT molecular complexity index is 915. The SMILES string of the molecule is CC.CC(=O)C(C)(C)c1c(C)c(C)c(C)c(C)c1C(=O)c1ccc(C)c(C)c1. The van der Waals surface area contributed by atoms with Crippen molar-refractivity contribution in [1.82, 2.24) is 0 Å². The molecule has 0 aliphatic heterocycles. The first-order chi connectivity index (χ1) is 12.9. The summed E-state index contributed by atoms with van der Waals surface area (Å²) in [6.07, 6.45) is 0. The molecule has 0 amide bonds. The lowest BCUT2D eigenvalue weighted by Gasteiger charge is -2.30. The molecule has 152 valence electrons. The molecule has 0 saturated carbocycles. The number of ketones is 2. The van der Waals surface area contributed by atoms with Gasteiger partial charge in [-0.25, -0.2) is 0 Å². The second-order valence-corrected chi connectivity index (χ2v) is 8.06. The summed E-state index contributed by atoms with van der Waals surface area (Å²) in [5.41, 5.74) is 8.09. The summed E-state index contributed by atoms with van der Waals surface area (Å²) in [5, 5.41) is 0. The Morgan fingerprint density at radius 3 is 1.71 bits per heavy atom. The fourth-order valence-corrected chi connectivity index (χ4v) is 3.58. The molecule has 0 aliphatic carbocycles. The topological polar surface area (TPSA) is 34.1 Å². The van der Waals surface area contributed by atoms with E-state index in [-0.39, 0.29) is 11.6 Å². The zero-order chi connectivity index (χ0) is 22.0. The molecule has 0 heterocycles. The third-order valence-corrected chi connectivity index (χ3v) is 6.19. The molecule has 0 aliphatic rings. The van der Waals surface area contributed by atoms with Crippen molar-refractivity contribution in [1.29, 1.82) is 0 Å². The first-order valence-corrected chi connectivity index (χ1v) is 10.1. The number of hydrogen-bond donors (Lipinski definition) is 0. The highest BCUT2D eigenvalue weighted by Gasteiger charge is 2.34. The van der Waals surface area contributed by atoms with Gasteiger partial charge in [-0.15, -0.1) is 0 Å². The highest BCUT2D eigenvalue weighted by atomic mass is 16.1. The van der Waals surface area contributed by atoms with Gasteiger partial charge in [-0.3, -0.25) is 9.59 Å². The molecule has 0 spiro atoms. The van der Waals surface area contributed by atoms with Crippen LogP contribution in [-0.2, 0) is 10.2 Å². The van der Waals surface area contributed by atoms with Crippen molar-refractivity contribution in [3.63, 3.8) is 0 Å². The van der Waals surface area contributed by atoms with Gasteiger partial charge in [0, 0.05) is 16.5 Å². The van der Waals surface area contributed by atoms with Crippen molar-refractivity contribution >= 4 is 11.6 Å². The molecule has 28 heavy (non-hydrogen) atoms. The summed E-state index contributed by atoms with van der Waals surface area (Å²) in [6, 6.07) is 5.83. The molecule has 0 unspecified atom stereocenters. The number of rotatable bonds is 4.